The normalized spacial score (nSPS) is 7.68. The molecule has 0 atom stereocenters. The topological polar surface area (TPSA) is 66.9 Å². The largest absolute Gasteiger partial charge is 0.385 e. The van der Waals surface area contributed by atoms with Gasteiger partial charge in [0.2, 0.25) is 11.8 Å². The molecule has 0 aromatic carbocycles. The van der Waals surface area contributed by atoms with E-state index in [0.717, 1.165) is 6.61 Å². The van der Waals surface area contributed by atoms with Gasteiger partial charge in [0.25, 0.3) is 0 Å². The third-order valence-corrected chi connectivity index (χ3v) is 2.91. The van der Waals surface area contributed by atoms with E-state index in [4.69, 9.17) is 0 Å². The lowest BCUT2D eigenvalue weighted by Crippen LogP contribution is -2.17. The van der Waals surface area contributed by atoms with Crippen molar-refractivity contribution in [3.8, 4) is 0 Å². The van der Waals surface area contributed by atoms with Gasteiger partial charge >= 0.3 is 0 Å². The van der Waals surface area contributed by atoms with E-state index in [9.17, 15) is 14.4 Å². The molecule has 2 amide bonds. The van der Waals surface area contributed by atoms with E-state index in [-0.39, 0.29) is 17.6 Å². The van der Waals surface area contributed by atoms with Crippen LogP contribution >= 0.6 is 11.8 Å². The minimum Gasteiger partial charge on any atom is -0.385 e. The quantitative estimate of drug-likeness (QED) is 0.750. The van der Waals surface area contributed by atoms with Crippen molar-refractivity contribution < 1.29 is 19.1 Å². The molecule has 154 valence electrons. The summed E-state index contributed by atoms with van der Waals surface area (Å²) < 4.78 is 4.54. The summed E-state index contributed by atoms with van der Waals surface area (Å²) in [5.41, 5.74) is 0. The predicted molar refractivity (Wildman–Crippen MR) is 111 cm³/mol. The molecule has 0 aliphatic carbocycles. The van der Waals surface area contributed by atoms with Gasteiger partial charge in [0.05, 0.1) is 0 Å². The smallest absolute Gasteiger partial charge is 0.218 e. The van der Waals surface area contributed by atoms with Crippen LogP contribution in [0.5, 0.6) is 0 Å². The van der Waals surface area contributed by atoms with E-state index in [2.05, 4.69) is 17.9 Å². The Labute approximate surface area is 160 Å². The Hall–Kier alpha value is -1.08. The second-order valence-corrected chi connectivity index (χ2v) is 6.19. The van der Waals surface area contributed by atoms with Crippen LogP contribution in [0.15, 0.2) is 0 Å². The first kappa shape index (κ1) is 35.1. The average Bonchev–Trinajstić information content (AvgIpc) is 2.56. The molecule has 0 fully saturated rings. The molecule has 0 aromatic rings. The van der Waals surface area contributed by atoms with Crippen molar-refractivity contribution >= 4 is 29.4 Å². The van der Waals surface area contributed by atoms with Crippen molar-refractivity contribution in [2.24, 2.45) is 0 Å². The number of methoxy groups -OCH3 is 1. The maximum atomic E-state index is 10.1. The van der Waals surface area contributed by atoms with Gasteiger partial charge in [-0.05, 0) is 25.9 Å². The highest BCUT2D eigenvalue weighted by atomic mass is 32.2. The molecule has 0 unspecified atom stereocenters. The van der Waals surface area contributed by atoms with Crippen LogP contribution in [0.2, 0.25) is 0 Å². The van der Waals surface area contributed by atoms with Gasteiger partial charge in [-0.3, -0.25) is 9.59 Å². The first-order valence-electron chi connectivity index (χ1n) is 8.22. The van der Waals surface area contributed by atoms with Crippen LogP contribution in [0, 0.1) is 0 Å². The monoisotopic (exact) mass is 382 g/mol. The van der Waals surface area contributed by atoms with Crippen molar-refractivity contribution in [1.29, 1.82) is 0 Å². The fourth-order valence-electron chi connectivity index (χ4n) is 0. The molecule has 0 aliphatic rings. The fourth-order valence-corrected chi connectivity index (χ4v) is 0. The van der Waals surface area contributed by atoms with Crippen molar-refractivity contribution in [1.82, 2.24) is 9.80 Å². The Bertz CT molecular complexity index is 271. The van der Waals surface area contributed by atoms with Crippen molar-refractivity contribution in [2.75, 3.05) is 53.9 Å². The van der Waals surface area contributed by atoms with Crippen LogP contribution in [0.1, 0.15) is 48.0 Å². The molecule has 0 saturated heterocycles. The Morgan fingerprint density at radius 3 is 1.00 bits per heavy atom. The highest BCUT2D eigenvalue weighted by Gasteiger charge is 1.88. The number of amides is 2. The lowest BCUT2D eigenvalue weighted by Gasteiger charge is -2.02. The van der Waals surface area contributed by atoms with Gasteiger partial charge in [-0.15, -0.1) is 0 Å². The molecule has 0 aliphatic heterocycles. The maximum absolute atomic E-state index is 10.1. The Kier molecular flexibility index (Phi) is 43.2. The van der Waals surface area contributed by atoms with Crippen LogP contribution in [0.25, 0.3) is 0 Å². The van der Waals surface area contributed by atoms with Crippen molar-refractivity contribution in [2.45, 2.75) is 48.0 Å². The highest BCUT2D eigenvalue weighted by Crippen LogP contribution is 1.83. The van der Waals surface area contributed by atoms with Gasteiger partial charge < -0.3 is 19.3 Å². The molecule has 25 heavy (non-hydrogen) atoms. The van der Waals surface area contributed by atoms with Gasteiger partial charge in [0, 0.05) is 62.2 Å². The van der Waals surface area contributed by atoms with Gasteiger partial charge in [-0.25, -0.2) is 0 Å². The van der Waals surface area contributed by atoms with Crippen LogP contribution in [0.4, 0.5) is 0 Å². The standard InChI is InChI=1S/2C4H9NO.C4H8O.C3H8O.C3H8S/c2*1-4(6)5(2)3;1-3-4(2)5;2*1-3-4-2/h2*1-3H3;3H2,1-2H3;2*3H2,1-2H3. The average molecular weight is 383 g/mol. The molecular formula is C18H42N2O4S. The van der Waals surface area contributed by atoms with Gasteiger partial charge in [0.15, 0.2) is 0 Å². The third kappa shape index (κ3) is 84.1. The van der Waals surface area contributed by atoms with Gasteiger partial charge in [0.1, 0.15) is 5.78 Å². The molecular weight excluding hydrogens is 340 g/mol. The molecule has 0 N–H and O–H groups in total. The number of nitrogens with zero attached hydrogens (tertiary/aromatic N) is 2. The van der Waals surface area contributed by atoms with Crippen molar-refractivity contribution in [3.05, 3.63) is 0 Å². The van der Waals surface area contributed by atoms with E-state index in [1.807, 2.05) is 25.6 Å². The third-order valence-electron chi connectivity index (χ3n) is 2.33. The Balaban J connectivity index is -0.0000000675. The summed E-state index contributed by atoms with van der Waals surface area (Å²) in [5.74, 6) is 1.68. The lowest BCUT2D eigenvalue weighted by molar-refractivity contribution is -0.127. The number of hydrogen-bond acceptors (Lipinski definition) is 5. The molecule has 0 bridgehead atoms. The zero-order valence-electron chi connectivity index (χ0n) is 18.6. The van der Waals surface area contributed by atoms with Crippen LogP contribution < -0.4 is 0 Å². The first-order valence-corrected chi connectivity index (χ1v) is 9.61. The van der Waals surface area contributed by atoms with E-state index in [1.165, 1.54) is 29.4 Å². The molecule has 0 heterocycles. The minimum atomic E-state index is 0.0926. The summed E-state index contributed by atoms with van der Waals surface area (Å²) >= 11 is 1.86. The van der Waals surface area contributed by atoms with E-state index in [1.54, 1.807) is 42.2 Å². The van der Waals surface area contributed by atoms with E-state index in [0.29, 0.717) is 6.42 Å². The minimum absolute atomic E-state index is 0.0926. The summed E-state index contributed by atoms with van der Waals surface area (Å²) in [5, 5.41) is 0. The zero-order valence-corrected chi connectivity index (χ0v) is 19.4. The second-order valence-electron chi connectivity index (χ2n) is 5.04. The number of carbonyl (C=O) groups is 3. The molecule has 7 heteroatoms. The molecule has 6 nitrogen and oxygen atoms in total. The zero-order chi connectivity index (χ0) is 21.4. The molecule has 0 saturated carbocycles. The van der Waals surface area contributed by atoms with Gasteiger partial charge in [-0.2, -0.15) is 11.8 Å². The lowest BCUT2D eigenvalue weighted by atomic mass is 10.4. The highest BCUT2D eigenvalue weighted by molar-refractivity contribution is 7.98. The number of carbonyl (C=O) groups excluding carboxylic acids is 3. The van der Waals surface area contributed by atoms with E-state index >= 15 is 0 Å². The maximum Gasteiger partial charge on any atom is 0.218 e. The van der Waals surface area contributed by atoms with Crippen LogP contribution in [-0.4, -0.2) is 81.3 Å². The second kappa shape index (κ2) is 30.8. The molecule has 0 radical (unpaired) electrons. The SMILES string of the molecule is CC(=O)N(C)C.CC(=O)N(C)C.CCC(C)=O.CCOC.CCSC. The number of Topliss-reactive ketones (excluding diaryl/α,β-unsaturated/α-hetero) is 1. The molecule has 0 aromatic heterocycles. The van der Waals surface area contributed by atoms with Crippen molar-refractivity contribution in [3.63, 3.8) is 0 Å². The molecule has 0 spiro atoms. The fraction of sp³-hybridized carbons (Fsp3) is 0.833. The Morgan fingerprint density at radius 2 is 1.00 bits per heavy atom. The molecule has 0 rings (SSSR count). The number of thioether (sulfide) groups is 1. The number of ketones is 1. The number of ether oxygens (including phenoxy) is 1. The van der Waals surface area contributed by atoms with Crippen LogP contribution in [0.3, 0.4) is 0 Å². The van der Waals surface area contributed by atoms with Crippen LogP contribution in [-0.2, 0) is 19.1 Å². The summed E-state index contributed by atoms with van der Waals surface area (Å²) in [6.07, 6.45) is 2.76. The number of hydrogen-bond donors (Lipinski definition) is 0. The first-order chi connectivity index (χ1) is 11.4. The summed E-state index contributed by atoms with van der Waals surface area (Å²) in [4.78, 5) is 33.0. The predicted octanol–water partition coefficient (Wildman–Crippen LogP) is 3.20. The van der Waals surface area contributed by atoms with Gasteiger partial charge in [-0.1, -0.05) is 13.8 Å². The number of rotatable bonds is 3. The summed E-state index contributed by atoms with van der Waals surface area (Å²) in [6.45, 7) is 11.4. The Morgan fingerprint density at radius 1 is 0.840 bits per heavy atom. The summed E-state index contributed by atoms with van der Waals surface area (Å²) in [6, 6.07) is 0. The summed E-state index contributed by atoms with van der Waals surface area (Å²) in [7, 11) is 8.58. The van der Waals surface area contributed by atoms with E-state index < -0.39 is 0 Å².